The molecule has 0 radical (unpaired) electrons. The number of nitrogens with zero attached hydrogens (tertiary/aromatic N) is 2. The number of hydrogen-bond acceptors (Lipinski definition) is 7. The Morgan fingerprint density at radius 3 is 2.45 bits per heavy atom. The van der Waals surface area contributed by atoms with Gasteiger partial charge in [0.15, 0.2) is 17.6 Å². The summed E-state index contributed by atoms with van der Waals surface area (Å²) in [7, 11) is 3.12. The Kier molecular flexibility index (Phi) is 6.29. The van der Waals surface area contributed by atoms with Gasteiger partial charge in [-0.25, -0.2) is 4.79 Å². The maximum Gasteiger partial charge on any atom is 0.331 e. The number of methoxy groups -OCH3 is 2. The molecule has 0 saturated heterocycles. The summed E-state index contributed by atoms with van der Waals surface area (Å²) in [5.74, 6) is 1.27. The number of ether oxygens (including phenoxy) is 3. The van der Waals surface area contributed by atoms with Crippen LogP contribution in [0.25, 0.3) is 17.5 Å². The molecule has 1 atom stereocenters. The normalized spacial score (nSPS) is 12.0. The van der Waals surface area contributed by atoms with Crippen molar-refractivity contribution in [3.05, 3.63) is 65.6 Å². The summed E-state index contributed by atoms with van der Waals surface area (Å²) in [6.07, 6.45) is 2.28. The van der Waals surface area contributed by atoms with Crippen molar-refractivity contribution in [3.8, 4) is 23.0 Å². The lowest BCUT2D eigenvalue weighted by atomic mass is 10.1. The van der Waals surface area contributed by atoms with Gasteiger partial charge >= 0.3 is 5.97 Å². The Bertz CT molecular complexity index is 1010. The number of aromatic nitrogens is 2. The number of rotatable bonds is 7. The Labute approximate surface area is 168 Å². The first-order valence-corrected chi connectivity index (χ1v) is 9.01. The van der Waals surface area contributed by atoms with Crippen molar-refractivity contribution in [1.82, 2.24) is 10.2 Å². The van der Waals surface area contributed by atoms with Crippen molar-refractivity contribution < 1.29 is 23.4 Å². The molecule has 0 aliphatic heterocycles. The van der Waals surface area contributed by atoms with Gasteiger partial charge in [0.05, 0.1) is 14.2 Å². The van der Waals surface area contributed by atoms with E-state index in [4.69, 9.17) is 18.6 Å². The lowest BCUT2D eigenvalue weighted by Gasteiger charge is -2.08. The molecule has 3 aromatic rings. The molecular weight excluding hydrogens is 372 g/mol. The van der Waals surface area contributed by atoms with Gasteiger partial charge in [0.25, 0.3) is 5.89 Å². The van der Waals surface area contributed by atoms with Crippen LogP contribution in [-0.2, 0) is 9.53 Å². The fourth-order valence-electron chi connectivity index (χ4n) is 2.60. The fraction of sp³-hybridized carbons (Fsp3) is 0.227. The van der Waals surface area contributed by atoms with E-state index >= 15 is 0 Å². The van der Waals surface area contributed by atoms with Crippen molar-refractivity contribution in [3.63, 3.8) is 0 Å². The third-order valence-electron chi connectivity index (χ3n) is 4.20. The van der Waals surface area contributed by atoms with Crippen LogP contribution >= 0.6 is 0 Å². The highest BCUT2D eigenvalue weighted by Crippen LogP contribution is 2.28. The van der Waals surface area contributed by atoms with Gasteiger partial charge in [-0.3, -0.25) is 0 Å². The van der Waals surface area contributed by atoms with Gasteiger partial charge in [-0.1, -0.05) is 23.8 Å². The molecule has 0 fully saturated rings. The predicted octanol–water partition coefficient (Wildman–Crippen LogP) is 4.38. The molecule has 0 amide bonds. The monoisotopic (exact) mass is 394 g/mol. The van der Waals surface area contributed by atoms with E-state index in [0.717, 1.165) is 16.7 Å². The first-order chi connectivity index (χ1) is 14.0. The number of carbonyl (C=O) groups is 1. The number of hydrogen-bond donors (Lipinski definition) is 0. The third-order valence-corrected chi connectivity index (χ3v) is 4.20. The maximum absolute atomic E-state index is 12.1. The maximum atomic E-state index is 12.1. The first kappa shape index (κ1) is 20.1. The van der Waals surface area contributed by atoms with Crippen LogP contribution in [0.2, 0.25) is 0 Å². The van der Waals surface area contributed by atoms with E-state index in [1.807, 2.05) is 31.2 Å². The van der Waals surface area contributed by atoms with Gasteiger partial charge in [-0.2, -0.15) is 0 Å². The predicted molar refractivity (Wildman–Crippen MR) is 108 cm³/mol. The zero-order valence-electron chi connectivity index (χ0n) is 16.7. The summed E-state index contributed by atoms with van der Waals surface area (Å²) in [4.78, 5) is 12.1. The van der Waals surface area contributed by atoms with E-state index in [-0.39, 0.29) is 5.89 Å². The van der Waals surface area contributed by atoms with Crippen LogP contribution < -0.4 is 9.47 Å². The molecule has 0 bridgehead atoms. The van der Waals surface area contributed by atoms with Crippen molar-refractivity contribution >= 4 is 12.0 Å². The van der Waals surface area contributed by atoms with Crippen LogP contribution in [0.15, 0.2) is 53.0 Å². The highest BCUT2D eigenvalue weighted by Gasteiger charge is 2.18. The second-order valence-corrected chi connectivity index (χ2v) is 6.34. The lowest BCUT2D eigenvalue weighted by Crippen LogP contribution is -2.06. The molecule has 29 heavy (non-hydrogen) atoms. The SMILES string of the molecule is COc1ccc(/C=C/C(=O)O[C@@H](C)c2nnc(-c3ccc(C)cc3)o2)cc1OC. The van der Waals surface area contributed by atoms with E-state index in [2.05, 4.69) is 10.2 Å². The molecule has 150 valence electrons. The quantitative estimate of drug-likeness (QED) is 0.434. The van der Waals surface area contributed by atoms with E-state index < -0.39 is 12.1 Å². The number of esters is 1. The van der Waals surface area contributed by atoms with Gasteiger partial charge in [-0.05, 0) is 49.8 Å². The summed E-state index contributed by atoms with van der Waals surface area (Å²) in [6.45, 7) is 3.68. The molecule has 2 aromatic carbocycles. The summed E-state index contributed by atoms with van der Waals surface area (Å²) in [5.41, 5.74) is 2.71. The Hall–Kier alpha value is -3.61. The smallest absolute Gasteiger partial charge is 0.331 e. The van der Waals surface area contributed by atoms with E-state index in [9.17, 15) is 4.79 Å². The minimum atomic E-state index is -0.677. The molecule has 0 aliphatic carbocycles. The first-order valence-electron chi connectivity index (χ1n) is 9.01. The van der Waals surface area contributed by atoms with Crippen LogP contribution in [-0.4, -0.2) is 30.4 Å². The second-order valence-electron chi connectivity index (χ2n) is 6.34. The Balaban J connectivity index is 1.63. The number of benzene rings is 2. The van der Waals surface area contributed by atoms with Crippen LogP contribution in [0.3, 0.4) is 0 Å². The van der Waals surface area contributed by atoms with Gasteiger partial charge < -0.3 is 18.6 Å². The summed E-state index contributed by atoms with van der Waals surface area (Å²) in [6, 6.07) is 13.0. The summed E-state index contributed by atoms with van der Waals surface area (Å²) in [5, 5.41) is 8.00. The molecule has 1 aromatic heterocycles. The van der Waals surface area contributed by atoms with Crippen molar-refractivity contribution in [2.75, 3.05) is 14.2 Å². The minimum absolute atomic E-state index is 0.230. The zero-order valence-corrected chi connectivity index (χ0v) is 16.7. The molecule has 0 unspecified atom stereocenters. The van der Waals surface area contributed by atoms with E-state index in [1.54, 1.807) is 45.4 Å². The van der Waals surface area contributed by atoms with E-state index in [0.29, 0.717) is 17.4 Å². The Morgan fingerprint density at radius 2 is 1.76 bits per heavy atom. The molecule has 0 aliphatic rings. The molecule has 7 nitrogen and oxygen atoms in total. The fourth-order valence-corrected chi connectivity index (χ4v) is 2.60. The number of aryl methyl sites for hydroxylation is 1. The Morgan fingerprint density at radius 1 is 1.03 bits per heavy atom. The van der Waals surface area contributed by atoms with Gasteiger partial charge in [0.2, 0.25) is 5.89 Å². The topological polar surface area (TPSA) is 83.7 Å². The molecule has 7 heteroatoms. The molecular formula is C22H22N2O5. The molecule has 0 N–H and O–H groups in total. The highest BCUT2D eigenvalue weighted by atomic mass is 16.6. The minimum Gasteiger partial charge on any atom is -0.493 e. The van der Waals surface area contributed by atoms with Crippen LogP contribution in [0.1, 0.15) is 30.0 Å². The third kappa shape index (κ3) is 5.01. The van der Waals surface area contributed by atoms with Crippen molar-refractivity contribution in [2.24, 2.45) is 0 Å². The van der Waals surface area contributed by atoms with Crippen LogP contribution in [0.4, 0.5) is 0 Å². The average molecular weight is 394 g/mol. The molecule has 0 saturated carbocycles. The van der Waals surface area contributed by atoms with Gasteiger partial charge in [0, 0.05) is 11.6 Å². The van der Waals surface area contributed by atoms with Crippen molar-refractivity contribution in [2.45, 2.75) is 20.0 Å². The van der Waals surface area contributed by atoms with Gasteiger partial charge in [-0.15, -0.1) is 10.2 Å². The lowest BCUT2D eigenvalue weighted by molar-refractivity contribution is -0.143. The summed E-state index contributed by atoms with van der Waals surface area (Å²) < 4.78 is 21.4. The standard InChI is InChI=1S/C22H22N2O5/c1-14-5-9-17(10-6-14)22-24-23-21(29-22)15(2)28-20(25)12-8-16-7-11-18(26-3)19(13-16)27-4/h5-13,15H,1-4H3/b12-8+/t15-/m0/s1. The molecule has 0 spiro atoms. The van der Waals surface area contributed by atoms with Crippen LogP contribution in [0.5, 0.6) is 11.5 Å². The van der Waals surface area contributed by atoms with Crippen molar-refractivity contribution in [1.29, 1.82) is 0 Å². The summed E-state index contributed by atoms with van der Waals surface area (Å²) >= 11 is 0. The average Bonchev–Trinajstić information content (AvgIpc) is 3.23. The zero-order chi connectivity index (χ0) is 20.8. The molecule has 3 rings (SSSR count). The van der Waals surface area contributed by atoms with E-state index in [1.165, 1.54) is 6.08 Å². The largest absolute Gasteiger partial charge is 0.493 e. The molecule has 1 heterocycles. The van der Waals surface area contributed by atoms with Crippen LogP contribution in [0, 0.1) is 6.92 Å². The highest BCUT2D eigenvalue weighted by molar-refractivity contribution is 5.87. The number of carbonyl (C=O) groups excluding carboxylic acids is 1. The van der Waals surface area contributed by atoms with Gasteiger partial charge in [0.1, 0.15) is 0 Å². The second kappa shape index (κ2) is 9.05.